The second-order valence-electron chi connectivity index (χ2n) is 0.824. The maximum absolute atomic E-state index is 10.9. The quantitative estimate of drug-likeness (QED) is 0.511. The zero-order valence-corrected chi connectivity index (χ0v) is 3.24. The lowest BCUT2D eigenvalue weighted by Crippen LogP contribution is -1.81. The van der Waals surface area contributed by atoms with Crippen molar-refractivity contribution in [3.8, 4) is 0 Å². The molecule has 42 valence electrons. The maximum Gasteiger partial charge on any atom is 0.271 e. The Morgan fingerprint density at radius 3 is 2.00 bits per heavy atom. The Morgan fingerprint density at radius 1 is 1.57 bits per heavy atom. The van der Waals surface area contributed by atoms with Crippen LogP contribution in [0.4, 0.5) is 13.2 Å². The lowest BCUT2D eigenvalue weighted by molar-refractivity contribution is 0.185. The normalized spacial score (nSPS) is 12.9. The van der Waals surface area contributed by atoms with Crippen LogP contribution in [-0.2, 0) is 0 Å². The topological polar surface area (TPSA) is 20.2 Å². The van der Waals surface area contributed by atoms with Crippen molar-refractivity contribution in [2.75, 3.05) is 0 Å². The van der Waals surface area contributed by atoms with E-state index in [-0.39, 0.29) is 6.08 Å². The molecule has 0 fully saturated rings. The summed E-state index contributed by atoms with van der Waals surface area (Å²) in [7, 11) is 0. The van der Waals surface area contributed by atoms with Crippen LogP contribution in [0.1, 0.15) is 0 Å². The van der Waals surface area contributed by atoms with E-state index in [0.29, 0.717) is 0 Å². The van der Waals surface area contributed by atoms with Gasteiger partial charge in [-0.25, -0.2) is 8.78 Å². The standard InChI is InChI=1S/C3H3F3O/c4-2(5)1-3(6)7/h1-2,7H. The smallest absolute Gasteiger partial charge is 0.271 e. The fraction of sp³-hybridized carbons (Fsp3) is 0.333. The molecule has 1 N–H and O–H groups in total. The van der Waals surface area contributed by atoms with Crippen LogP contribution in [-0.4, -0.2) is 11.5 Å². The number of alkyl halides is 2. The van der Waals surface area contributed by atoms with Crippen molar-refractivity contribution >= 4 is 0 Å². The molecule has 0 aromatic heterocycles. The highest BCUT2D eigenvalue weighted by atomic mass is 19.3. The highest BCUT2D eigenvalue weighted by Gasteiger charge is 1.96. The first-order valence-corrected chi connectivity index (χ1v) is 1.47. The van der Waals surface area contributed by atoms with Crippen molar-refractivity contribution in [3.63, 3.8) is 0 Å². The number of allylic oxidation sites excluding steroid dienone is 1. The van der Waals surface area contributed by atoms with Gasteiger partial charge >= 0.3 is 0 Å². The van der Waals surface area contributed by atoms with Crippen LogP contribution in [0, 0.1) is 0 Å². The van der Waals surface area contributed by atoms with Crippen LogP contribution in [0.5, 0.6) is 0 Å². The second kappa shape index (κ2) is 2.49. The number of halogens is 3. The number of aliphatic hydroxyl groups is 1. The van der Waals surface area contributed by atoms with Crippen LogP contribution in [0.25, 0.3) is 0 Å². The second-order valence-corrected chi connectivity index (χ2v) is 0.824. The van der Waals surface area contributed by atoms with E-state index < -0.39 is 12.4 Å². The van der Waals surface area contributed by atoms with Gasteiger partial charge < -0.3 is 5.11 Å². The van der Waals surface area contributed by atoms with Crippen molar-refractivity contribution in [1.82, 2.24) is 0 Å². The third-order valence-electron chi connectivity index (χ3n) is 0.264. The van der Waals surface area contributed by atoms with Crippen LogP contribution in [0.3, 0.4) is 0 Å². The van der Waals surface area contributed by atoms with Gasteiger partial charge in [0, 0.05) is 0 Å². The number of aliphatic hydroxyl groups excluding tert-OH is 1. The summed E-state index contributed by atoms with van der Waals surface area (Å²) in [5, 5.41) is 7.44. The van der Waals surface area contributed by atoms with E-state index >= 15 is 0 Å². The van der Waals surface area contributed by atoms with E-state index in [2.05, 4.69) is 0 Å². The summed E-state index contributed by atoms with van der Waals surface area (Å²) in [5.74, 6) is 0. The Bertz CT molecular complexity index is 74.2. The van der Waals surface area contributed by atoms with Gasteiger partial charge in [0.15, 0.2) is 0 Å². The van der Waals surface area contributed by atoms with Gasteiger partial charge in [0.1, 0.15) is 0 Å². The average molecular weight is 112 g/mol. The van der Waals surface area contributed by atoms with E-state index in [4.69, 9.17) is 5.11 Å². The molecule has 0 atom stereocenters. The summed E-state index contributed by atoms with van der Waals surface area (Å²) in [4.78, 5) is 0. The Balaban J connectivity index is 3.45. The molecule has 0 bridgehead atoms. The summed E-state index contributed by atoms with van der Waals surface area (Å²) in [5.41, 5.74) is 0. The van der Waals surface area contributed by atoms with Crippen LogP contribution < -0.4 is 0 Å². The molecule has 0 rings (SSSR count). The molecule has 4 heteroatoms. The maximum atomic E-state index is 10.9. The SMILES string of the molecule is OC(F)=CC(F)F. The molecule has 0 radical (unpaired) electrons. The Kier molecular flexibility index (Phi) is 2.26. The highest BCUT2D eigenvalue weighted by molar-refractivity contribution is 4.81. The van der Waals surface area contributed by atoms with Crippen LogP contribution >= 0.6 is 0 Å². The molecule has 0 heterocycles. The molecular formula is C3H3F3O. The zero-order valence-electron chi connectivity index (χ0n) is 3.24. The van der Waals surface area contributed by atoms with Crippen molar-refractivity contribution in [2.45, 2.75) is 6.43 Å². The summed E-state index contributed by atoms with van der Waals surface area (Å²) < 4.78 is 32.5. The molecule has 0 aliphatic carbocycles. The predicted octanol–water partition coefficient (Wildman–Crippen LogP) is 1.62. The molecule has 0 saturated carbocycles. The van der Waals surface area contributed by atoms with Gasteiger partial charge in [0.2, 0.25) is 0 Å². The molecule has 0 amide bonds. The van der Waals surface area contributed by atoms with Crippen molar-refractivity contribution < 1.29 is 18.3 Å². The Morgan fingerprint density at radius 2 is 2.00 bits per heavy atom. The first kappa shape index (κ1) is 6.33. The minimum absolute atomic E-state index is 0.194. The van der Waals surface area contributed by atoms with Gasteiger partial charge in [-0.15, -0.1) is 0 Å². The number of hydrogen-bond acceptors (Lipinski definition) is 1. The molecule has 1 nitrogen and oxygen atoms in total. The summed E-state index contributed by atoms with van der Waals surface area (Å²) in [6.07, 6.45) is -3.11. The fourth-order valence-corrected chi connectivity index (χ4v) is 0.104. The largest absolute Gasteiger partial charge is 0.486 e. The minimum atomic E-state index is -2.91. The summed E-state index contributed by atoms with van der Waals surface area (Å²) in [6, 6.07) is -1.84. The monoisotopic (exact) mass is 112 g/mol. The average Bonchev–Trinajstić information content (AvgIpc) is 1.27. The lowest BCUT2D eigenvalue weighted by atomic mass is 10.6. The fourth-order valence-electron chi connectivity index (χ4n) is 0.104. The van der Waals surface area contributed by atoms with Crippen molar-refractivity contribution in [2.24, 2.45) is 0 Å². The van der Waals surface area contributed by atoms with E-state index in [0.717, 1.165) is 0 Å². The molecule has 0 aromatic rings. The van der Waals surface area contributed by atoms with E-state index in [9.17, 15) is 13.2 Å². The first-order chi connectivity index (χ1) is 3.13. The van der Waals surface area contributed by atoms with Gasteiger partial charge in [-0.1, -0.05) is 0 Å². The third kappa shape index (κ3) is 5.33. The molecule has 0 aliphatic heterocycles. The van der Waals surface area contributed by atoms with E-state index in [1.807, 2.05) is 0 Å². The predicted molar refractivity (Wildman–Crippen MR) is 17.8 cm³/mol. The first-order valence-electron chi connectivity index (χ1n) is 1.47. The molecule has 0 aliphatic rings. The Hall–Kier alpha value is -0.670. The Labute approximate surface area is 38.1 Å². The molecule has 0 unspecified atom stereocenters. The van der Waals surface area contributed by atoms with E-state index in [1.165, 1.54) is 0 Å². The van der Waals surface area contributed by atoms with Gasteiger partial charge in [0.05, 0.1) is 6.08 Å². The summed E-state index contributed by atoms with van der Waals surface area (Å²) in [6.45, 7) is 0. The molecular weight excluding hydrogens is 109 g/mol. The van der Waals surface area contributed by atoms with Gasteiger partial charge in [-0.05, 0) is 0 Å². The summed E-state index contributed by atoms with van der Waals surface area (Å²) >= 11 is 0. The third-order valence-corrected chi connectivity index (χ3v) is 0.264. The van der Waals surface area contributed by atoms with Gasteiger partial charge in [0.25, 0.3) is 12.4 Å². The molecule has 0 spiro atoms. The number of hydrogen-bond donors (Lipinski definition) is 1. The van der Waals surface area contributed by atoms with Gasteiger partial charge in [-0.2, -0.15) is 4.39 Å². The lowest BCUT2D eigenvalue weighted by Gasteiger charge is -1.82. The minimum Gasteiger partial charge on any atom is -0.486 e. The van der Waals surface area contributed by atoms with Crippen molar-refractivity contribution in [3.05, 3.63) is 12.1 Å². The van der Waals surface area contributed by atoms with Crippen molar-refractivity contribution in [1.29, 1.82) is 0 Å². The highest BCUT2D eigenvalue weighted by Crippen LogP contribution is 1.97. The van der Waals surface area contributed by atoms with E-state index in [1.54, 1.807) is 0 Å². The molecule has 0 aromatic carbocycles. The van der Waals surface area contributed by atoms with Gasteiger partial charge in [-0.3, -0.25) is 0 Å². The molecule has 0 saturated heterocycles. The zero-order chi connectivity index (χ0) is 5.86. The van der Waals surface area contributed by atoms with Crippen LogP contribution in [0.15, 0.2) is 12.1 Å². The van der Waals surface area contributed by atoms with Crippen LogP contribution in [0.2, 0.25) is 0 Å². The molecule has 7 heavy (non-hydrogen) atoms. The number of rotatable bonds is 1.